The number of ether oxygens (including phenoxy) is 1. The lowest BCUT2D eigenvalue weighted by atomic mass is 10.0. The Morgan fingerprint density at radius 2 is 2.00 bits per heavy atom. The maximum atomic E-state index is 13.0. The second-order valence-corrected chi connectivity index (χ2v) is 6.44. The van der Waals surface area contributed by atoms with Crippen LogP contribution in [0, 0.1) is 0 Å². The zero-order valence-corrected chi connectivity index (χ0v) is 14.0. The first-order chi connectivity index (χ1) is 12.0. The van der Waals surface area contributed by atoms with E-state index in [2.05, 4.69) is 5.32 Å². The second-order valence-electron chi connectivity index (χ2n) is 6.44. The minimum Gasteiger partial charge on any atom is -0.480 e. The smallest absolute Gasteiger partial charge is 0.323 e. The van der Waals surface area contributed by atoms with Crippen molar-refractivity contribution in [3.63, 3.8) is 0 Å². The van der Waals surface area contributed by atoms with Crippen molar-refractivity contribution in [3.8, 4) is 0 Å². The van der Waals surface area contributed by atoms with Gasteiger partial charge >= 0.3 is 5.97 Å². The molecule has 1 saturated heterocycles. The number of rotatable bonds is 4. The summed E-state index contributed by atoms with van der Waals surface area (Å²) in [6.45, 7) is 0.742. The van der Waals surface area contributed by atoms with E-state index in [1.165, 1.54) is 4.90 Å². The molecule has 134 valence electrons. The molecule has 0 radical (unpaired) electrons. The Labute approximate surface area is 146 Å². The molecule has 0 atom stereocenters. The van der Waals surface area contributed by atoms with Crippen molar-refractivity contribution in [2.24, 2.45) is 0 Å². The molecule has 0 bridgehead atoms. The number of benzene rings is 1. The maximum Gasteiger partial charge on any atom is 0.323 e. The average Bonchev–Trinajstić information content (AvgIpc) is 2.79. The highest BCUT2D eigenvalue weighted by Crippen LogP contribution is 2.25. The van der Waals surface area contributed by atoms with E-state index in [9.17, 15) is 19.5 Å². The van der Waals surface area contributed by atoms with E-state index in [-0.39, 0.29) is 24.4 Å². The van der Waals surface area contributed by atoms with Gasteiger partial charge in [-0.25, -0.2) is 0 Å². The summed E-state index contributed by atoms with van der Waals surface area (Å²) >= 11 is 0. The van der Waals surface area contributed by atoms with Crippen LogP contribution in [0.1, 0.15) is 41.6 Å². The molecule has 0 unspecified atom stereocenters. The Balaban J connectivity index is 1.84. The van der Waals surface area contributed by atoms with Crippen LogP contribution in [-0.4, -0.2) is 53.6 Å². The first-order valence-electron chi connectivity index (χ1n) is 8.58. The third-order valence-electron chi connectivity index (χ3n) is 4.67. The number of nitrogens with one attached hydrogen (secondary N) is 1. The molecular formula is C18H22N2O5. The molecule has 7 heteroatoms. The van der Waals surface area contributed by atoms with Crippen LogP contribution in [0.3, 0.4) is 0 Å². The van der Waals surface area contributed by atoms with Gasteiger partial charge in [-0.1, -0.05) is 0 Å². The quantitative estimate of drug-likeness (QED) is 0.864. The van der Waals surface area contributed by atoms with Crippen LogP contribution in [0.5, 0.6) is 0 Å². The standard InChI is InChI=1S/C18H22N2O5/c21-16-3-1-2-12-10-13(4-5-15(12)19-16)18(24)20(11-17(22)23)14-6-8-25-9-7-14/h4-5,10,14H,1-3,6-9,11H2,(H,19,21)(H,22,23). The normalized spacial score (nSPS) is 18.0. The summed E-state index contributed by atoms with van der Waals surface area (Å²) in [7, 11) is 0. The van der Waals surface area contributed by atoms with E-state index in [0.29, 0.717) is 44.5 Å². The molecule has 0 saturated carbocycles. The largest absolute Gasteiger partial charge is 0.480 e. The van der Waals surface area contributed by atoms with E-state index >= 15 is 0 Å². The van der Waals surface area contributed by atoms with Gasteiger partial charge in [-0.3, -0.25) is 14.4 Å². The van der Waals surface area contributed by atoms with Crippen LogP contribution < -0.4 is 5.32 Å². The fourth-order valence-electron chi connectivity index (χ4n) is 3.38. The van der Waals surface area contributed by atoms with E-state index < -0.39 is 5.97 Å². The number of carboxylic acids is 1. The lowest BCUT2D eigenvalue weighted by Gasteiger charge is -2.33. The van der Waals surface area contributed by atoms with E-state index in [4.69, 9.17) is 4.74 Å². The van der Waals surface area contributed by atoms with Crippen LogP contribution in [0.15, 0.2) is 18.2 Å². The molecule has 2 heterocycles. The van der Waals surface area contributed by atoms with Gasteiger partial charge in [0.15, 0.2) is 0 Å². The summed E-state index contributed by atoms with van der Waals surface area (Å²) in [5.74, 6) is -1.33. The Bertz CT molecular complexity index is 682. The van der Waals surface area contributed by atoms with Gasteiger partial charge < -0.3 is 20.1 Å². The molecule has 2 amide bonds. The van der Waals surface area contributed by atoms with Crippen molar-refractivity contribution < 1.29 is 24.2 Å². The predicted octanol–water partition coefficient (Wildman–Crippen LogP) is 1.67. The van der Waals surface area contributed by atoms with Gasteiger partial charge in [-0.15, -0.1) is 0 Å². The number of aryl methyl sites for hydroxylation is 1. The van der Waals surface area contributed by atoms with Crippen molar-refractivity contribution in [2.75, 3.05) is 25.1 Å². The fraction of sp³-hybridized carbons (Fsp3) is 0.500. The minimum atomic E-state index is -1.03. The summed E-state index contributed by atoms with van der Waals surface area (Å²) in [5, 5.41) is 12.0. The Hall–Kier alpha value is -2.41. The molecule has 25 heavy (non-hydrogen) atoms. The van der Waals surface area contributed by atoms with Crippen molar-refractivity contribution in [1.29, 1.82) is 0 Å². The molecular weight excluding hydrogens is 324 g/mol. The maximum absolute atomic E-state index is 13.0. The van der Waals surface area contributed by atoms with Crippen LogP contribution in [0.4, 0.5) is 5.69 Å². The van der Waals surface area contributed by atoms with Gasteiger partial charge in [-0.2, -0.15) is 0 Å². The number of carbonyl (C=O) groups excluding carboxylic acids is 2. The molecule has 0 aliphatic carbocycles. The number of carboxylic acid groups (broad SMARTS) is 1. The highest BCUT2D eigenvalue weighted by Gasteiger charge is 2.29. The molecule has 2 aliphatic rings. The summed E-state index contributed by atoms with van der Waals surface area (Å²) in [6.07, 6.45) is 3.19. The van der Waals surface area contributed by atoms with Crippen molar-refractivity contribution in [1.82, 2.24) is 4.90 Å². The molecule has 0 spiro atoms. The fourth-order valence-corrected chi connectivity index (χ4v) is 3.38. The number of nitrogens with zero attached hydrogens (tertiary/aromatic N) is 1. The molecule has 7 nitrogen and oxygen atoms in total. The first-order valence-corrected chi connectivity index (χ1v) is 8.58. The number of amides is 2. The topological polar surface area (TPSA) is 95.9 Å². The average molecular weight is 346 g/mol. The zero-order valence-electron chi connectivity index (χ0n) is 14.0. The van der Waals surface area contributed by atoms with E-state index in [0.717, 1.165) is 17.7 Å². The van der Waals surface area contributed by atoms with Gasteiger partial charge in [0, 0.05) is 36.9 Å². The summed E-state index contributed by atoms with van der Waals surface area (Å²) in [4.78, 5) is 37.2. The lowest BCUT2D eigenvalue weighted by Crippen LogP contribution is -2.46. The van der Waals surface area contributed by atoms with Gasteiger partial charge in [0.25, 0.3) is 5.91 Å². The van der Waals surface area contributed by atoms with E-state index in [1.54, 1.807) is 18.2 Å². The SMILES string of the molecule is O=C(O)CN(C(=O)c1ccc2c(c1)CCCC(=O)N2)C1CCOCC1. The Morgan fingerprint density at radius 1 is 1.24 bits per heavy atom. The Kier molecular flexibility index (Phi) is 5.33. The summed E-state index contributed by atoms with van der Waals surface area (Å²) < 4.78 is 5.31. The first kappa shape index (κ1) is 17.4. The predicted molar refractivity (Wildman–Crippen MR) is 90.5 cm³/mol. The lowest BCUT2D eigenvalue weighted by molar-refractivity contribution is -0.138. The van der Waals surface area contributed by atoms with Crippen LogP contribution in [0.25, 0.3) is 0 Å². The number of anilines is 1. The molecule has 3 rings (SSSR count). The third kappa shape index (κ3) is 4.17. The van der Waals surface area contributed by atoms with Gasteiger partial charge in [0.1, 0.15) is 6.54 Å². The minimum absolute atomic E-state index is 0.0208. The molecule has 1 aromatic rings. The van der Waals surface area contributed by atoms with Crippen LogP contribution in [-0.2, 0) is 20.7 Å². The number of hydrogen-bond donors (Lipinski definition) is 2. The third-order valence-corrected chi connectivity index (χ3v) is 4.67. The summed E-state index contributed by atoms with van der Waals surface area (Å²) in [5.41, 5.74) is 2.11. The Morgan fingerprint density at radius 3 is 2.72 bits per heavy atom. The number of carbonyl (C=O) groups is 3. The molecule has 1 aromatic carbocycles. The number of hydrogen-bond acceptors (Lipinski definition) is 4. The van der Waals surface area contributed by atoms with Gasteiger partial charge in [-0.05, 0) is 49.4 Å². The molecule has 0 aromatic heterocycles. The second kappa shape index (κ2) is 7.65. The van der Waals surface area contributed by atoms with Crippen molar-refractivity contribution in [2.45, 2.75) is 38.1 Å². The number of aliphatic carboxylic acids is 1. The summed E-state index contributed by atoms with van der Waals surface area (Å²) in [6, 6.07) is 5.03. The molecule has 1 fully saturated rings. The number of fused-ring (bicyclic) bond motifs is 1. The van der Waals surface area contributed by atoms with Crippen molar-refractivity contribution >= 4 is 23.5 Å². The van der Waals surface area contributed by atoms with E-state index in [1.807, 2.05) is 0 Å². The molecule has 2 aliphatic heterocycles. The van der Waals surface area contributed by atoms with Gasteiger partial charge in [0.2, 0.25) is 5.91 Å². The zero-order chi connectivity index (χ0) is 17.8. The monoisotopic (exact) mass is 346 g/mol. The highest BCUT2D eigenvalue weighted by molar-refractivity contribution is 5.98. The highest BCUT2D eigenvalue weighted by atomic mass is 16.5. The van der Waals surface area contributed by atoms with Crippen molar-refractivity contribution in [3.05, 3.63) is 29.3 Å². The van der Waals surface area contributed by atoms with Gasteiger partial charge in [0.05, 0.1) is 0 Å². The van der Waals surface area contributed by atoms with Crippen LogP contribution >= 0.6 is 0 Å². The molecule has 2 N–H and O–H groups in total. The van der Waals surface area contributed by atoms with Crippen LogP contribution in [0.2, 0.25) is 0 Å².